The normalized spacial score (nSPS) is 9.33. The van der Waals surface area contributed by atoms with Crippen LogP contribution in [0.3, 0.4) is 0 Å². The molecular formula is C10H10ClN3O. The largest absolute Gasteiger partial charge is 0.351 e. The van der Waals surface area contributed by atoms with Crippen LogP contribution in [0.1, 0.15) is 0 Å². The fourth-order valence-corrected chi connectivity index (χ4v) is 1.36. The Kier molecular flexibility index (Phi) is 3.46. The van der Waals surface area contributed by atoms with Gasteiger partial charge in [-0.15, -0.1) is 12.4 Å². The van der Waals surface area contributed by atoms with Gasteiger partial charge in [0.15, 0.2) is 0 Å². The number of anilines is 1. The van der Waals surface area contributed by atoms with Gasteiger partial charge in [-0.25, -0.2) is 4.79 Å². The Morgan fingerprint density at radius 3 is 2.87 bits per heavy atom. The highest BCUT2D eigenvalue weighted by atomic mass is 35.5. The zero-order valence-corrected chi connectivity index (χ0v) is 8.62. The Balaban J connectivity index is 0.00000112. The molecule has 0 saturated heterocycles. The molecule has 3 N–H and O–H groups in total. The van der Waals surface area contributed by atoms with Gasteiger partial charge in [0.2, 0.25) is 0 Å². The molecule has 0 atom stereocenters. The zero-order chi connectivity index (χ0) is 9.97. The number of hydrogen-bond donors (Lipinski definition) is 2. The van der Waals surface area contributed by atoms with E-state index in [2.05, 4.69) is 10.3 Å². The second-order valence-corrected chi connectivity index (χ2v) is 2.89. The first-order valence-corrected chi connectivity index (χ1v) is 4.16. The molecule has 4 nitrogen and oxygen atoms in total. The first-order valence-electron chi connectivity index (χ1n) is 4.16. The second kappa shape index (κ2) is 4.61. The molecule has 78 valence electrons. The van der Waals surface area contributed by atoms with Crippen LogP contribution in [0.25, 0.3) is 10.8 Å². The van der Waals surface area contributed by atoms with Gasteiger partial charge in [-0.3, -0.25) is 4.98 Å². The number of nitrogens with zero attached hydrogens (tertiary/aromatic N) is 1. The number of fused-ring (bicyclic) bond motifs is 1. The third-order valence-electron chi connectivity index (χ3n) is 1.94. The molecule has 2 amide bonds. The number of rotatable bonds is 1. The van der Waals surface area contributed by atoms with Crippen molar-refractivity contribution in [3.63, 3.8) is 0 Å². The third-order valence-corrected chi connectivity index (χ3v) is 1.94. The lowest BCUT2D eigenvalue weighted by atomic mass is 10.1. The summed E-state index contributed by atoms with van der Waals surface area (Å²) in [6, 6.07) is 6.84. The fourth-order valence-electron chi connectivity index (χ4n) is 1.36. The summed E-state index contributed by atoms with van der Waals surface area (Å²) < 4.78 is 0. The van der Waals surface area contributed by atoms with Crippen molar-refractivity contribution in [3.05, 3.63) is 36.7 Å². The van der Waals surface area contributed by atoms with Gasteiger partial charge in [-0.2, -0.15) is 0 Å². The quantitative estimate of drug-likeness (QED) is 0.778. The Bertz CT molecular complexity index is 482. The predicted octanol–water partition coefficient (Wildman–Crippen LogP) is 2.15. The van der Waals surface area contributed by atoms with E-state index in [0.717, 1.165) is 10.8 Å². The van der Waals surface area contributed by atoms with Gasteiger partial charge in [0.05, 0.1) is 5.69 Å². The Morgan fingerprint density at radius 1 is 1.33 bits per heavy atom. The van der Waals surface area contributed by atoms with Crippen LogP contribution in [0.2, 0.25) is 0 Å². The van der Waals surface area contributed by atoms with Gasteiger partial charge in [0.1, 0.15) is 0 Å². The van der Waals surface area contributed by atoms with Gasteiger partial charge in [0, 0.05) is 23.2 Å². The number of aromatic nitrogens is 1. The third kappa shape index (κ3) is 2.35. The van der Waals surface area contributed by atoms with E-state index in [4.69, 9.17) is 5.73 Å². The van der Waals surface area contributed by atoms with Gasteiger partial charge in [-0.1, -0.05) is 12.1 Å². The molecule has 0 aliphatic rings. The van der Waals surface area contributed by atoms with Crippen molar-refractivity contribution < 1.29 is 4.79 Å². The van der Waals surface area contributed by atoms with Gasteiger partial charge in [-0.05, 0) is 12.1 Å². The molecule has 0 aliphatic carbocycles. The standard InChI is InChI=1S/C10H9N3O.ClH/c11-10(14)13-9-3-1-2-7-6-12-5-4-8(7)9;/h1-6H,(H3,11,13,14);1H. The summed E-state index contributed by atoms with van der Waals surface area (Å²) in [6.45, 7) is 0. The highest BCUT2D eigenvalue weighted by Gasteiger charge is 2.01. The SMILES string of the molecule is Cl.NC(=O)Nc1cccc2cnccc12. The molecule has 1 aromatic carbocycles. The molecule has 0 radical (unpaired) electrons. The number of hydrogen-bond acceptors (Lipinski definition) is 2. The molecule has 2 aromatic rings. The van der Waals surface area contributed by atoms with E-state index < -0.39 is 6.03 Å². The van der Waals surface area contributed by atoms with Crippen molar-refractivity contribution >= 4 is 34.9 Å². The summed E-state index contributed by atoms with van der Waals surface area (Å²) in [4.78, 5) is 14.7. The Morgan fingerprint density at radius 2 is 2.13 bits per heavy atom. The number of carbonyl (C=O) groups excluding carboxylic acids is 1. The first-order chi connectivity index (χ1) is 6.77. The maximum Gasteiger partial charge on any atom is 0.316 e. The molecule has 1 heterocycles. The Hall–Kier alpha value is -1.81. The average Bonchev–Trinajstić information content (AvgIpc) is 2.18. The van der Waals surface area contributed by atoms with Gasteiger partial charge >= 0.3 is 6.03 Å². The fraction of sp³-hybridized carbons (Fsp3) is 0. The number of halogens is 1. The van der Waals surface area contributed by atoms with Crippen LogP contribution in [-0.4, -0.2) is 11.0 Å². The topological polar surface area (TPSA) is 68.0 Å². The first kappa shape index (κ1) is 11.3. The number of nitrogens with one attached hydrogen (secondary N) is 1. The minimum absolute atomic E-state index is 0. The van der Waals surface area contributed by atoms with Crippen molar-refractivity contribution in [1.29, 1.82) is 0 Å². The van der Waals surface area contributed by atoms with Gasteiger partial charge < -0.3 is 11.1 Å². The lowest BCUT2D eigenvalue weighted by molar-refractivity contribution is 0.259. The number of amides is 2. The summed E-state index contributed by atoms with van der Waals surface area (Å²) in [7, 11) is 0. The molecule has 0 saturated carbocycles. The molecule has 0 spiro atoms. The minimum atomic E-state index is -0.561. The smallest absolute Gasteiger partial charge is 0.316 e. The number of primary amides is 1. The predicted molar refractivity (Wildman–Crippen MR) is 62.2 cm³/mol. The van der Waals surface area contributed by atoms with Crippen molar-refractivity contribution in [3.8, 4) is 0 Å². The van der Waals surface area contributed by atoms with E-state index in [1.54, 1.807) is 18.5 Å². The number of urea groups is 1. The van der Waals surface area contributed by atoms with Crippen LogP contribution in [0.15, 0.2) is 36.7 Å². The summed E-state index contributed by atoms with van der Waals surface area (Å²) >= 11 is 0. The van der Waals surface area contributed by atoms with Crippen molar-refractivity contribution in [1.82, 2.24) is 4.98 Å². The number of benzene rings is 1. The highest BCUT2D eigenvalue weighted by molar-refractivity contribution is 6.00. The second-order valence-electron chi connectivity index (χ2n) is 2.89. The molecule has 0 unspecified atom stereocenters. The zero-order valence-electron chi connectivity index (χ0n) is 7.81. The van der Waals surface area contributed by atoms with Crippen LogP contribution in [0.5, 0.6) is 0 Å². The lowest BCUT2D eigenvalue weighted by Crippen LogP contribution is -2.19. The summed E-state index contributed by atoms with van der Waals surface area (Å²) in [5, 5.41) is 4.46. The molecular weight excluding hydrogens is 214 g/mol. The molecule has 0 aliphatic heterocycles. The van der Waals surface area contributed by atoms with Crippen LogP contribution in [-0.2, 0) is 0 Å². The molecule has 0 fully saturated rings. The monoisotopic (exact) mass is 223 g/mol. The van der Waals surface area contributed by atoms with Crippen LogP contribution < -0.4 is 11.1 Å². The molecule has 2 rings (SSSR count). The number of carbonyl (C=O) groups is 1. The van der Waals surface area contributed by atoms with Crippen molar-refractivity contribution in [2.45, 2.75) is 0 Å². The lowest BCUT2D eigenvalue weighted by Gasteiger charge is -2.05. The van der Waals surface area contributed by atoms with Gasteiger partial charge in [0.25, 0.3) is 0 Å². The van der Waals surface area contributed by atoms with E-state index in [1.165, 1.54) is 0 Å². The molecule has 15 heavy (non-hydrogen) atoms. The van der Waals surface area contributed by atoms with E-state index >= 15 is 0 Å². The van der Waals surface area contributed by atoms with Crippen LogP contribution in [0.4, 0.5) is 10.5 Å². The Labute approximate surface area is 92.9 Å². The number of nitrogens with two attached hydrogens (primary N) is 1. The number of pyridine rings is 1. The van der Waals surface area contributed by atoms with Crippen LogP contribution >= 0.6 is 12.4 Å². The van der Waals surface area contributed by atoms with E-state index in [-0.39, 0.29) is 12.4 Å². The maximum atomic E-state index is 10.7. The van der Waals surface area contributed by atoms with E-state index in [0.29, 0.717) is 5.69 Å². The summed E-state index contributed by atoms with van der Waals surface area (Å²) in [5.41, 5.74) is 5.76. The summed E-state index contributed by atoms with van der Waals surface area (Å²) in [5.74, 6) is 0. The molecule has 5 heteroatoms. The minimum Gasteiger partial charge on any atom is -0.351 e. The highest BCUT2D eigenvalue weighted by Crippen LogP contribution is 2.21. The van der Waals surface area contributed by atoms with Crippen molar-refractivity contribution in [2.75, 3.05) is 5.32 Å². The summed E-state index contributed by atoms with van der Waals surface area (Å²) in [6.07, 6.45) is 3.41. The maximum absolute atomic E-state index is 10.7. The van der Waals surface area contributed by atoms with Crippen LogP contribution in [0, 0.1) is 0 Å². The van der Waals surface area contributed by atoms with Crippen molar-refractivity contribution in [2.24, 2.45) is 5.73 Å². The molecule has 0 bridgehead atoms. The molecule has 1 aromatic heterocycles. The van der Waals surface area contributed by atoms with E-state index in [9.17, 15) is 4.79 Å². The average molecular weight is 224 g/mol. The van der Waals surface area contributed by atoms with E-state index in [1.807, 2.05) is 18.2 Å².